The van der Waals surface area contributed by atoms with Crippen LogP contribution >= 0.6 is 11.8 Å². The van der Waals surface area contributed by atoms with Crippen molar-refractivity contribution in [3.05, 3.63) is 20.9 Å². The zero-order valence-electron chi connectivity index (χ0n) is 13.8. The smallest absolute Gasteiger partial charge is 0.132 e. The number of ether oxygens (including phenoxy) is 2. The SMILES string of the molecule is [N-]=[N+]=N[C@H]1[C@@H](O)[C@@H](CO)O[C@@H](S[C@@H]2O[C@H](CO)[C@H](O)[C@H](N=[N+]=[N-])[C@H]2O)[C@@H]1O. The Labute approximate surface area is 156 Å². The Morgan fingerprint density at radius 2 is 1.11 bits per heavy atom. The Bertz CT molecular complexity index is 554. The zero-order chi connectivity index (χ0) is 20.1. The van der Waals surface area contributed by atoms with Crippen LogP contribution in [0.2, 0.25) is 0 Å². The molecule has 152 valence electrons. The van der Waals surface area contributed by atoms with Crippen LogP contribution in [0.25, 0.3) is 20.9 Å². The number of aliphatic hydroxyl groups excluding tert-OH is 6. The third-order valence-corrected chi connectivity index (χ3v) is 5.65. The average Bonchev–Trinajstić information content (AvgIpc) is 2.66. The Morgan fingerprint density at radius 3 is 1.41 bits per heavy atom. The second kappa shape index (κ2) is 9.73. The summed E-state index contributed by atoms with van der Waals surface area (Å²) < 4.78 is 10.8. The minimum atomic E-state index is -1.52. The fraction of sp³-hybridized carbons (Fsp3) is 1.00. The molecule has 2 rings (SSSR count). The highest BCUT2D eigenvalue weighted by atomic mass is 32.2. The molecule has 2 saturated heterocycles. The molecule has 0 radical (unpaired) electrons. The van der Waals surface area contributed by atoms with Crippen molar-refractivity contribution in [3.8, 4) is 0 Å². The van der Waals surface area contributed by atoms with Gasteiger partial charge in [-0.15, -0.1) is 0 Å². The largest absolute Gasteiger partial charge is 0.394 e. The monoisotopic (exact) mass is 408 g/mol. The van der Waals surface area contributed by atoms with E-state index < -0.39 is 72.8 Å². The van der Waals surface area contributed by atoms with E-state index in [0.717, 1.165) is 0 Å². The summed E-state index contributed by atoms with van der Waals surface area (Å²) in [4.78, 5) is 5.11. The van der Waals surface area contributed by atoms with Crippen LogP contribution < -0.4 is 0 Å². The van der Waals surface area contributed by atoms with Gasteiger partial charge in [-0.2, -0.15) is 0 Å². The van der Waals surface area contributed by atoms with Crippen molar-refractivity contribution in [3.63, 3.8) is 0 Å². The van der Waals surface area contributed by atoms with Crippen molar-refractivity contribution < 1.29 is 40.1 Å². The number of azide groups is 2. The minimum absolute atomic E-state index is 0.629. The first kappa shape index (κ1) is 21.9. The van der Waals surface area contributed by atoms with Crippen molar-refractivity contribution in [2.75, 3.05) is 13.2 Å². The van der Waals surface area contributed by atoms with Crippen LogP contribution in [0.4, 0.5) is 0 Å². The van der Waals surface area contributed by atoms with Crippen molar-refractivity contribution in [1.29, 1.82) is 0 Å². The Kier molecular flexibility index (Phi) is 7.91. The summed E-state index contributed by atoms with van der Waals surface area (Å²) in [6.07, 6.45) is -8.30. The predicted octanol–water partition coefficient (Wildman–Crippen LogP) is -2.04. The summed E-state index contributed by atoms with van der Waals surface area (Å²) in [5.74, 6) is 0. The lowest BCUT2D eigenvalue weighted by molar-refractivity contribution is -0.170. The van der Waals surface area contributed by atoms with Gasteiger partial charge in [0.05, 0.1) is 37.5 Å². The van der Waals surface area contributed by atoms with Gasteiger partial charge in [0.2, 0.25) is 0 Å². The maximum atomic E-state index is 10.3. The van der Waals surface area contributed by atoms with Gasteiger partial charge in [0, 0.05) is 9.82 Å². The predicted molar refractivity (Wildman–Crippen MR) is 89.0 cm³/mol. The van der Waals surface area contributed by atoms with Gasteiger partial charge in [-0.05, 0) is 11.1 Å². The second-order valence-corrected chi connectivity index (χ2v) is 7.14. The van der Waals surface area contributed by atoms with Crippen LogP contribution in [-0.2, 0) is 9.47 Å². The number of thioether (sulfide) groups is 1. The summed E-state index contributed by atoms with van der Waals surface area (Å²) in [6.45, 7) is -1.26. The highest BCUT2D eigenvalue weighted by molar-refractivity contribution is 8.00. The highest BCUT2D eigenvalue weighted by Crippen LogP contribution is 2.37. The molecule has 15 heteroatoms. The molecule has 2 aliphatic rings. The Hall–Kier alpha value is -1.35. The van der Waals surface area contributed by atoms with E-state index in [-0.39, 0.29) is 0 Å². The number of hydrogen-bond donors (Lipinski definition) is 6. The molecular weight excluding hydrogens is 388 g/mol. The van der Waals surface area contributed by atoms with E-state index in [0.29, 0.717) is 11.8 Å². The molecule has 0 aromatic rings. The maximum Gasteiger partial charge on any atom is 0.132 e. The van der Waals surface area contributed by atoms with Crippen molar-refractivity contribution in [2.45, 2.75) is 59.6 Å². The molecule has 0 amide bonds. The van der Waals surface area contributed by atoms with E-state index in [9.17, 15) is 30.6 Å². The molecule has 0 spiro atoms. The van der Waals surface area contributed by atoms with E-state index in [4.69, 9.17) is 20.5 Å². The first-order chi connectivity index (χ1) is 12.9. The molecule has 6 N–H and O–H groups in total. The molecular formula is C12H20N6O8S. The van der Waals surface area contributed by atoms with Crippen LogP contribution in [0.3, 0.4) is 0 Å². The molecule has 0 aromatic heterocycles. The Morgan fingerprint density at radius 1 is 0.741 bits per heavy atom. The van der Waals surface area contributed by atoms with Gasteiger partial charge in [0.1, 0.15) is 35.3 Å². The van der Waals surface area contributed by atoms with Gasteiger partial charge >= 0.3 is 0 Å². The van der Waals surface area contributed by atoms with E-state index >= 15 is 0 Å². The van der Waals surface area contributed by atoms with E-state index in [1.807, 2.05) is 0 Å². The normalized spacial score (nSPS) is 44.8. The van der Waals surface area contributed by atoms with Crippen LogP contribution in [0.1, 0.15) is 0 Å². The van der Waals surface area contributed by atoms with E-state index in [1.54, 1.807) is 0 Å². The van der Waals surface area contributed by atoms with Crippen LogP contribution in [0, 0.1) is 0 Å². The first-order valence-corrected chi connectivity index (χ1v) is 8.82. The average molecular weight is 408 g/mol. The summed E-state index contributed by atoms with van der Waals surface area (Å²) in [5, 5.41) is 66.0. The summed E-state index contributed by atoms with van der Waals surface area (Å²) >= 11 is 0.704. The number of rotatable bonds is 6. The van der Waals surface area contributed by atoms with Gasteiger partial charge in [-0.25, -0.2) is 0 Å². The molecule has 2 aliphatic heterocycles. The second-order valence-electron chi connectivity index (χ2n) is 5.94. The van der Waals surface area contributed by atoms with Gasteiger partial charge in [-0.1, -0.05) is 22.0 Å². The molecule has 27 heavy (non-hydrogen) atoms. The van der Waals surface area contributed by atoms with Crippen molar-refractivity contribution in [2.24, 2.45) is 10.2 Å². The lowest BCUT2D eigenvalue weighted by Crippen LogP contribution is -2.60. The third-order valence-electron chi connectivity index (χ3n) is 4.34. The van der Waals surface area contributed by atoms with E-state index in [2.05, 4.69) is 20.1 Å². The molecule has 0 bridgehead atoms. The fourth-order valence-corrected chi connectivity index (χ4v) is 4.21. The molecule has 0 saturated carbocycles. The molecule has 2 fully saturated rings. The van der Waals surface area contributed by atoms with Gasteiger partial charge in [0.15, 0.2) is 0 Å². The van der Waals surface area contributed by atoms with Crippen LogP contribution in [0.15, 0.2) is 10.2 Å². The molecule has 0 unspecified atom stereocenters. The lowest BCUT2D eigenvalue weighted by Gasteiger charge is -2.44. The maximum absolute atomic E-state index is 10.3. The number of aliphatic hydroxyl groups is 6. The van der Waals surface area contributed by atoms with Crippen molar-refractivity contribution in [1.82, 2.24) is 0 Å². The first-order valence-electron chi connectivity index (χ1n) is 7.88. The minimum Gasteiger partial charge on any atom is -0.394 e. The molecule has 0 aliphatic carbocycles. The van der Waals surface area contributed by atoms with Crippen molar-refractivity contribution >= 4 is 11.8 Å². The highest BCUT2D eigenvalue weighted by Gasteiger charge is 2.49. The lowest BCUT2D eigenvalue weighted by atomic mass is 9.98. The zero-order valence-corrected chi connectivity index (χ0v) is 14.6. The summed E-state index contributed by atoms with van der Waals surface area (Å²) in [6, 6.07) is -2.66. The summed E-state index contributed by atoms with van der Waals surface area (Å²) in [5.41, 5.74) is 14.8. The fourth-order valence-electron chi connectivity index (χ4n) is 2.88. The number of hydrogen-bond acceptors (Lipinski definition) is 11. The standard InChI is InChI=1S/C12H20N6O8S/c13-17-15-5-7(21)3(1-19)25-11(9(5)23)27-12-10(24)6(16-18-14)8(22)4(2-20)26-12/h3-12,19-24H,1-2H2/t3-,4-,5+,6+,7+,8+,9-,10-,11+,12+/m1/s1. The third kappa shape index (κ3) is 4.56. The molecule has 0 aromatic carbocycles. The Balaban J connectivity index is 2.21. The summed E-state index contributed by atoms with van der Waals surface area (Å²) in [7, 11) is 0. The van der Waals surface area contributed by atoms with Gasteiger partial charge in [0.25, 0.3) is 0 Å². The van der Waals surface area contributed by atoms with Gasteiger partial charge < -0.3 is 40.1 Å². The molecule has 14 nitrogen and oxygen atoms in total. The topological polar surface area (TPSA) is 237 Å². The van der Waals surface area contributed by atoms with Crippen LogP contribution in [-0.4, -0.2) is 103 Å². The van der Waals surface area contributed by atoms with Gasteiger partial charge in [-0.3, -0.25) is 0 Å². The van der Waals surface area contributed by atoms with Crippen LogP contribution in [0.5, 0.6) is 0 Å². The van der Waals surface area contributed by atoms with E-state index in [1.165, 1.54) is 0 Å². The molecule has 10 atom stereocenters. The number of nitrogens with zero attached hydrogens (tertiary/aromatic N) is 6. The quantitative estimate of drug-likeness (QED) is 0.161. The molecule has 2 heterocycles.